The molecule has 0 bridgehead atoms. The van der Waals surface area contributed by atoms with Gasteiger partial charge in [0.1, 0.15) is 11.4 Å². The van der Waals surface area contributed by atoms with Crippen molar-refractivity contribution in [2.75, 3.05) is 38.7 Å². The van der Waals surface area contributed by atoms with Gasteiger partial charge < -0.3 is 19.7 Å². The molecule has 0 atom stereocenters. The van der Waals surface area contributed by atoms with Gasteiger partial charge in [-0.2, -0.15) is 0 Å². The SMILES string of the molecule is COC(=O)c1cccc(NC2=C(N3CCOCC3)C(=O)c3ccccc3C2=O)c1. The van der Waals surface area contributed by atoms with E-state index in [-0.39, 0.29) is 17.3 Å². The third-order valence-corrected chi connectivity index (χ3v) is 4.98. The van der Waals surface area contributed by atoms with Crippen LogP contribution < -0.4 is 5.32 Å². The van der Waals surface area contributed by atoms with Crippen molar-refractivity contribution in [2.45, 2.75) is 0 Å². The van der Waals surface area contributed by atoms with Crippen LogP contribution in [0.1, 0.15) is 31.1 Å². The maximum Gasteiger partial charge on any atom is 0.337 e. The lowest BCUT2D eigenvalue weighted by atomic mass is 9.89. The molecule has 7 heteroatoms. The monoisotopic (exact) mass is 392 g/mol. The number of carbonyl (C=O) groups excluding carboxylic acids is 3. The van der Waals surface area contributed by atoms with Crippen molar-refractivity contribution in [3.05, 3.63) is 76.6 Å². The third kappa shape index (κ3) is 3.52. The van der Waals surface area contributed by atoms with Crippen molar-refractivity contribution >= 4 is 23.2 Å². The topological polar surface area (TPSA) is 84.9 Å². The summed E-state index contributed by atoms with van der Waals surface area (Å²) in [6, 6.07) is 13.4. The minimum atomic E-state index is -0.479. The zero-order valence-corrected chi connectivity index (χ0v) is 15.9. The van der Waals surface area contributed by atoms with Crippen LogP contribution in [0.5, 0.6) is 0 Å². The molecule has 2 aliphatic rings. The number of ether oxygens (including phenoxy) is 2. The first-order valence-electron chi connectivity index (χ1n) is 9.31. The number of rotatable bonds is 4. The molecule has 2 aromatic carbocycles. The summed E-state index contributed by atoms with van der Waals surface area (Å²) >= 11 is 0. The van der Waals surface area contributed by atoms with Crippen molar-refractivity contribution in [1.82, 2.24) is 4.90 Å². The fraction of sp³-hybridized carbons (Fsp3) is 0.227. The van der Waals surface area contributed by atoms with Crippen LogP contribution in [0.25, 0.3) is 0 Å². The highest BCUT2D eigenvalue weighted by molar-refractivity contribution is 6.27. The molecule has 0 spiro atoms. The van der Waals surface area contributed by atoms with E-state index >= 15 is 0 Å². The normalized spacial score (nSPS) is 16.5. The summed E-state index contributed by atoms with van der Waals surface area (Å²) in [7, 11) is 1.31. The molecule has 0 amide bonds. The van der Waals surface area contributed by atoms with Gasteiger partial charge >= 0.3 is 5.97 Å². The van der Waals surface area contributed by atoms with Crippen molar-refractivity contribution in [1.29, 1.82) is 0 Å². The van der Waals surface area contributed by atoms with E-state index in [1.165, 1.54) is 7.11 Å². The van der Waals surface area contributed by atoms with E-state index in [1.807, 2.05) is 4.90 Å². The smallest absolute Gasteiger partial charge is 0.337 e. The van der Waals surface area contributed by atoms with Crippen LogP contribution in [0.2, 0.25) is 0 Å². The van der Waals surface area contributed by atoms with Crippen molar-refractivity contribution in [2.24, 2.45) is 0 Å². The van der Waals surface area contributed by atoms with E-state index < -0.39 is 5.97 Å². The van der Waals surface area contributed by atoms with Gasteiger partial charge in [-0.25, -0.2) is 4.79 Å². The van der Waals surface area contributed by atoms with Gasteiger partial charge in [0, 0.05) is 29.9 Å². The molecule has 1 aliphatic carbocycles. The highest BCUT2D eigenvalue weighted by Gasteiger charge is 2.35. The number of benzene rings is 2. The van der Waals surface area contributed by atoms with Crippen molar-refractivity contribution < 1.29 is 23.9 Å². The summed E-state index contributed by atoms with van der Waals surface area (Å²) < 4.78 is 10.2. The van der Waals surface area contributed by atoms with Crippen LogP contribution in [0.4, 0.5) is 5.69 Å². The average molecular weight is 392 g/mol. The standard InChI is InChI=1S/C22H20N2O5/c1-28-22(27)14-5-4-6-15(13-14)23-18-19(24-9-11-29-12-10-24)21(26)17-8-3-2-7-16(17)20(18)25/h2-8,13,23H,9-12H2,1H3. The van der Waals surface area contributed by atoms with Gasteiger partial charge in [-0.15, -0.1) is 0 Å². The maximum absolute atomic E-state index is 13.3. The Labute approximate surface area is 167 Å². The number of anilines is 1. The molecular formula is C22H20N2O5. The maximum atomic E-state index is 13.3. The Morgan fingerprint density at radius 1 is 1.00 bits per heavy atom. The van der Waals surface area contributed by atoms with Crippen LogP contribution in [0.15, 0.2) is 59.9 Å². The second-order valence-corrected chi connectivity index (χ2v) is 6.72. The molecule has 29 heavy (non-hydrogen) atoms. The van der Waals surface area contributed by atoms with Gasteiger partial charge in [-0.3, -0.25) is 9.59 Å². The second kappa shape index (κ2) is 7.89. The van der Waals surface area contributed by atoms with Crippen LogP contribution in [0.3, 0.4) is 0 Å². The van der Waals surface area contributed by atoms with Crippen LogP contribution in [-0.4, -0.2) is 55.8 Å². The Kier molecular flexibility index (Phi) is 5.14. The fourth-order valence-corrected chi connectivity index (χ4v) is 3.55. The van der Waals surface area contributed by atoms with Gasteiger partial charge in [0.2, 0.25) is 11.6 Å². The van der Waals surface area contributed by atoms with Gasteiger partial charge in [0.15, 0.2) is 0 Å². The molecular weight excluding hydrogens is 372 g/mol. The van der Waals surface area contributed by atoms with Crippen molar-refractivity contribution in [3.63, 3.8) is 0 Å². The van der Waals surface area contributed by atoms with Gasteiger partial charge in [0.25, 0.3) is 0 Å². The van der Waals surface area contributed by atoms with Gasteiger partial charge in [-0.1, -0.05) is 30.3 Å². The Bertz CT molecular complexity index is 1020. The summed E-state index contributed by atoms with van der Waals surface area (Å²) in [5.41, 5.74) is 2.17. The van der Waals surface area contributed by atoms with E-state index in [4.69, 9.17) is 9.47 Å². The first-order valence-corrected chi connectivity index (χ1v) is 9.31. The Morgan fingerprint density at radius 3 is 2.38 bits per heavy atom. The number of carbonyl (C=O) groups is 3. The number of hydrogen-bond donors (Lipinski definition) is 1. The number of hydrogen-bond acceptors (Lipinski definition) is 7. The Morgan fingerprint density at radius 2 is 1.69 bits per heavy atom. The first-order chi connectivity index (χ1) is 14.1. The predicted molar refractivity (Wildman–Crippen MR) is 106 cm³/mol. The number of allylic oxidation sites excluding steroid dienone is 2. The zero-order chi connectivity index (χ0) is 20.4. The molecule has 1 aliphatic heterocycles. The number of fused-ring (bicyclic) bond motifs is 1. The summed E-state index contributed by atoms with van der Waals surface area (Å²) in [6.45, 7) is 2.00. The molecule has 0 unspecified atom stereocenters. The summed E-state index contributed by atoms with van der Waals surface area (Å²) in [5, 5.41) is 3.09. The van der Waals surface area contributed by atoms with Crippen molar-refractivity contribution in [3.8, 4) is 0 Å². The van der Waals surface area contributed by atoms with Gasteiger partial charge in [0.05, 0.1) is 25.9 Å². The first kappa shape index (κ1) is 18.9. The summed E-state index contributed by atoms with van der Waals surface area (Å²) in [5.74, 6) is -0.939. The molecule has 0 saturated carbocycles. The largest absolute Gasteiger partial charge is 0.465 e. The molecule has 148 valence electrons. The molecule has 1 N–H and O–H groups in total. The lowest BCUT2D eigenvalue weighted by Gasteiger charge is -2.34. The molecule has 4 rings (SSSR count). The summed E-state index contributed by atoms with van der Waals surface area (Å²) in [6.07, 6.45) is 0. The van der Waals surface area contributed by atoms with E-state index in [0.29, 0.717) is 54.4 Å². The number of nitrogens with one attached hydrogen (secondary N) is 1. The molecule has 0 radical (unpaired) electrons. The number of nitrogens with zero attached hydrogens (tertiary/aromatic N) is 1. The van der Waals surface area contributed by atoms with E-state index in [2.05, 4.69) is 5.32 Å². The predicted octanol–water partition coefficient (Wildman–Crippen LogP) is 2.51. The number of Topliss-reactive ketones (excluding diaryl/α,β-unsaturated/α-hetero) is 2. The van der Waals surface area contributed by atoms with E-state index in [1.54, 1.807) is 48.5 Å². The van der Waals surface area contributed by atoms with Crippen LogP contribution in [-0.2, 0) is 9.47 Å². The van der Waals surface area contributed by atoms with Crippen LogP contribution in [0, 0.1) is 0 Å². The van der Waals surface area contributed by atoms with E-state index in [9.17, 15) is 14.4 Å². The Balaban J connectivity index is 1.79. The zero-order valence-electron chi connectivity index (χ0n) is 15.9. The molecule has 2 aromatic rings. The highest BCUT2D eigenvalue weighted by atomic mass is 16.5. The summed E-state index contributed by atoms with van der Waals surface area (Å²) in [4.78, 5) is 40.3. The average Bonchev–Trinajstić information content (AvgIpc) is 2.77. The minimum Gasteiger partial charge on any atom is -0.465 e. The quantitative estimate of drug-likeness (QED) is 0.800. The van der Waals surface area contributed by atoms with Crippen LogP contribution >= 0.6 is 0 Å². The number of morpholine rings is 1. The highest BCUT2D eigenvalue weighted by Crippen LogP contribution is 2.30. The minimum absolute atomic E-state index is 0.200. The lowest BCUT2D eigenvalue weighted by molar-refractivity contribution is 0.0496. The number of esters is 1. The molecule has 0 aromatic heterocycles. The van der Waals surface area contributed by atoms with E-state index in [0.717, 1.165) is 0 Å². The molecule has 1 heterocycles. The third-order valence-electron chi connectivity index (χ3n) is 4.98. The number of ketones is 2. The molecule has 7 nitrogen and oxygen atoms in total. The molecule has 1 fully saturated rings. The Hall–Kier alpha value is -3.45. The van der Waals surface area contributed by atoms with Gasteiger partial charge in [-0.05, 0) is 18.2 Å². The fourth-order valence-electron chi connectivity index (χ4n) is 3.55. The number of methoxy groups -OCH3 is 1. The second-order valence-electron chi connectivity index (χ2n) is 6.72. The molecule has 1 saturated heterocycles. The lowest BCUT2D eigenvalue weighted by Crippen LogP contribution is -2.42.